The number of para-hydroxylation sites is 1. The number of nitrogens with zero attached hydrogens (tertiary/aromatic N) is 4. The maximum absolute atomic E-state index is 4.99. The molecule has 6 rings (SSSR count). The Balaban J connectivity index is 1.65. The predicted octanol–water partition coefficient (Wildman–Crippen LogP) is 8.28. The largest absolute Gasteiger partial charge is 0.278 e. The number of rotatable bonds is 5. The minimum absolute atomic E-state index is 0.603. The van der Waals surface area contributed by atoms with Crippen LogP contribution in [0.4, 0.5) is 0 Å². The number of allylic oxidation sites excluding steroid dienone is 4. The summed E-state index contributed by atoms with van der Waals surface area (Å²) in [6, 6.07) is 35.2. The lowest BCUT2D eigenvalue weighted by atomic mass is 10.0. The lowest BCUT2D eigenvalue weighted by Gasteiger charge is -2.11. The van der Waals surface area contributed by atoms with Crippen LogP contribution in [0.5, 0.6) is 0 Å². The van der Waals surface area contributed by atoms with Gasteiger partial charge in [-0.15, -0.1) is 0 Å². The fourth-order valence-corrected chi connectivity index (χ4v) is 4.80. The van der Waals surface area contributed by atoms with Crippen molar-refractivity contribution in [2.24, 2.45) is 0 Å². The molecular weight excluding hydrogens is 452 g/mol. The van der Waals surface area contributed by atoms with Crippen molar-refractivity contribution in [2.75, 3.05) is 0 Å². The highest BCUT2D eigenvalue weighted by atomic mass is 15.2. The van der Waals surface area contributed by atoms with E-state index >= 15 is 0 Å². The van der Waals surface area contributed by atoms with Crippen LogP contribution in [0.2, 0.25) is 0 Å². The van der Waals surface area contributed by atoms with Gasteiger partial charge in [0.15, 0.2) is 11.6 Å². The number of aromatic nitrogens is 4. The monoisotopic (exact) mass is 478 g/mol. The van der Waals surface area contributed by atoms with Crippen LogP contribution in [-0.2, 0) is 0 Å². The Labute approximate surface area is 216 Å². The van der Waals surface area contributed by atoms with Gasteiger partial charge in [-0.2, -0.15) is 9.97 Å². The Bertz CT molecular complexity index is 1720. The molecule has 2 aromatic heterocycles. The Hall–Kier alpha value is -4.83. The summed E-state index contributed by atoms with van der Waals surface area (Å²) in [5, 5.41) is 2.33. The lowest BCUT2D eigenvalue weighted by Crippen LogP contribution is -2.06. The summed E-state index contributed by atoms with van der Waals surface area (Å²) in [6.45, 7) is 4.12. The molecule has 0 amide bonds. The fourth-order valence-electron chi connectivity index (χ4n) is 4.80. The average molecular weight is 479 g/mol. The second-order valence-corrected chi connectivity index (χ2v) is 8.84. The van der Waals surface area contributed by atoms with Crippen LogP contribution < -0.4 is 0 Å². The van der Waals surface area contributed by atoms with Crippen molar-refractivity contribution >= 4 is 27.4 Å². The van der Waals surface area contributed by atoms with Crippen LogP contribution in [-0.4, -0.2) is 19.5 Å². The number of hydrogen-bond donors (Lipinski definition) is 0. The first kappa shape index (κ1) is 22.6. The summed E-state index contributed by atoms with van der Waals surface area (Å²) >= 11 is 0. The van der Waals surface area contributed by atoms with Crippen molar-refractivity contribution in [3.63, 3.8) is 0 Å². The minimum Gasteiger partial charge on any atom is -0.278 e. The van der Waals surface area contributed by atoms with Gasteiger partial charge in [0.2, 0.25) is 5.95 Å². The Morgan fingerprint density at radius 2 is 1.22 bits per heavy atom. The standard InChI is InChI=1S/C33H26N4/c1-3-13-23(4-2)26-20-21-30-28(22-26)27-18-11-12-19-29(27)37(30)33-35-31(24-14-7-5-8-15-24)34-32(36-33)25-16-9-6-10-17-25/h3-22H,1-2H3/b13-3-,23-4+. The van der Waals surface area contributed by atoms with Gasteiger partial charge in [0, 0.05) is 21.9 Å². The van der Waals surface area contributed by atoms with Gasteiger partial charge in [-0.25, -0.2) is 4.98 Å². The molecule has 0 aliphatic rings. The molecule has 37 heavy (non-hydrogen) atoms. The zero-order chi connectivity index (χ0) is 25.2. The van der Waals surface area contributed by atoms with E-state index in [4.69, 9.17) is 15.0 Å². The molecule has 0 spiro atoms. The van der Waals surface area contributed by atoms with E-state index in [2.05, 4.69) is 72.2 Å². The summed E-state index contributed by atoms with van der Waals surface area (Å²) in [7, 11) is 0. The van der Waals surface area contributed by atoms with Crippen molar-refractivity contribution in [1.82, 2.24) is 19.5 Å². The topological polar surface area (TPSA) is 43.6 Å². The van der Waals surface area contributed by atoms with Gasteiger partial charge in [-0.1, -0.05) is 103 Å². The summed E-state index contributed by atoms with van der Waals surface area (Å²) in [4.78, 5) is 14.8. The third kappa shape index (κ3) is 4.13. The Morgan fingerprint density at radius 3 is 1.84 bits per heavy atom. The van der Waals surface area contributed by atoms with Crippen molar-refractivity contribution < 1.29 is 0 Å². The molecule has 4 aromatic carbocycles. The van der Waals surface area contributed by atoms with Crippen LogP contribution in [0.3, 0.4) is 0 Å². The molecule has 0 unspecified atom stereocenters. The molecule has 0 aliphatic heterocycles. The number of hydrogen-bond acceptors (Lipinski definition) is 3. The predicted molar refractivity (Wildman–Crippen MR) is 154 cm³/mol. The molecule has 4 nitrogen and oxygen atoms in total. The van der Waals surface area contributed by atoms with Gasteiger partial charge >= 0.3 is 0 Å². The first-order chi connectivity index (χ1) is 18.3. The molecular formula is C33H26N4. The number of fused-ring (bicyclic) bond motifs is 3. The maximum atomic E-state index is 4.99. The third-order valence-corrected chi connectivity index (χ3v) is 6.55. The third-order valence-electron chi connectivity index (χ3n) is 6.55. The van der Waals surface area contributed by atoms with Crippen LogP contribution in [0.25, 0.3) is 56.1 Å². The van der Waals surface area contributed by atoms with E-state index in [1.165, 1.54) is 21.9 Å². The SMILES string of the molecule is C/C=C\C(=C/C)c1ccc2c(c1)c1ccccc1n2-c1nc(-c2ccccc2)nc(-c2ccccc2)n1. The molecule has 2 heterocycles. The fraction of sp³-hybridized carbons (Fsp3) is 0.0606. The summed E-state index contributed by atoms with van der Waals surface area (Å²) in [5.41, 5.74) is 6.41. The highest BCUT2D eigenvalue weighted by Crippen LogP contribution is 2.34. The molecule has 0 fully saturated rings. The van der Waals surface area contributed by atoms with E-state index in [1.54, 1.807) is 0 Å². The van der Waals surface area contributed by atoms with Crippen LogP contribution in [0.15, 0.2) is 121 Å². The van der Waals surface area contributed by atoms with Crippen molar-refractivity contribution in [3.05, 3.63) is 127 Å². The van der Waals surface area contributed by atoms with E-state index < -0.39 is 0 Å². The second kappa shape index (κ2) is 9.67. The smallest absolute Gasteiger partial charge is 0.238 e. The van der Waals surface area contributed by atoms with Gasteiger partial charge in [-0.05, 0) is 43.2 Å². The molecule has 0 N–H and O–H groups in total. The molecule has 0 saturated heterocycles. The summed E-state index contributed by atoms with van der Waals surface area (Å²) in [5.74, 6) is 1.90. The van der Waals surface area contributed by atoms with E-state index in [0.717, 1.165) is 22.2 Å². The average Bonchev–Trinajstić information content (AvgIpc) is 3.30. The molecule has 178 valence electrons. The normalized spacial score (nSPS) is 12.1. The molecule has 6 aromatic rings. The van der Waals surface area contributed by atoms with Crippen LogP contribution >= 0.6 is 0 Å². The lowest BCUT2D eigenvalue weighted by molar-refractivity contribution is 0.953. The summed E-state index contributed by atoms with van der Waals surface area (Å²) < 4.78 is 2.15. The molecule has 0 saturated carbocycles. The quantitative estimate of drug-likeness (QED) is 0.234. The Morgan fingerprint density at radius 1 is 0.622 bits per heavy atom. The zero-order valence-corrected chi connectivity index (χ0v) is 20.8. The van der Waals surface area contributed by atoms with Crippen molar-refractivity contribution in [1.29, 1.82) is 0 Å². The van der Waals surface area contributed by atoms with Gasteiger partial charge in [0.25, 0.3) is 0 Å². The molecule has 0 bridgehead atoms. The molecule has 4 heteroatoms. The van der Waals surface area contributed by atoms with Gasteiger partial charge < -0.3 is 0 Å². The first-order valence-electron chi connectivity index (χ1n) is 12.5. The van der Waals surface area contributed by atoms with E-state index in [0.29, 0.717) is 17.6 Å². The minimum atomic E-state index is 0.603. The zero-order valence-electron chi connectivity index (χ0n) is 20.8. The Kier molecular flexibility index (Phi) is 5.91. The van der Waals surface area contributed by atoms with Gasteiger partial charge in [0.05, 0.1) is 11.0 Å². The van der Waals surface area contributed by atoms with E-state index in [1.807, 2.05) is 67.6 Å². The first-order valence-corrected chi connectivity index (χ1v) is 12.5. The highest BCUT2D eigenvalue weighted by molar-refractivity contribution is 6.10. The molecule has 0 atom stereocenters. The van der Waals surface area contributed by atoms with Gasteiger partial charge in [0.1, 0.15) is 0 Å². The van der Waals surface area contributed by atoms with Gasteiger partial charge in [-0.3, -0.25) is 4.57 Å². The van der Waals surface area contributed by atoms with Crippen molar-refractivity contribution in [3.8, 4) is 28.7 Å². The van der Waals surface area contributed by atoms with Crippen LogP contribution in [0, 0.1) is 0 Å². The van der Waals surface area contributed by atoms with E-state index in [9.17, 15) is 0 Å². The van der Waals surface area contributed by atoms with Crippen LogP contribution in [0.1, 0.15) is 19.4 Å². The summed E-state index contributed by atoms with van der Waals surface area (Å²) in [6.07, 6.45) is 6.36. The number of benzene rings is 4. The van der Waals surface area contributed by atoms with E-state index in [-0.39, 0.29) is 0 Å². The molecule has 0 radical (unpaired) electrons. The second-order valence-electron chi connectivity index (χ2n) is 8.84. The maximum Gasteiger partial charge on any atom is 0.238 e. The highest BCUT2D eigenvalue weighted by Gasteiger charge is 2.18. The van der Waals surface area contributed by atoms with Crippen molar-refractivity contribution in [2.45, 2.75) is 13.8 Å². The molecule has 0 aliphatic carbocycles.